The van der Waals surface area contributed by atoms with Crippen LogP contribution in [0.1, 0.15) is 72.6 Å². The zero-order valence-corrected chi connectivity index (χ0v) is 18.3. The maximum atomic E-state index is 12.1. The van der Waals surface area contributed by atoms with Gasteiger partial charge < -0.3 is 4.74 Å². The van der Waals surface area contributed by atoms with E-state index in [2.05, 4.69) is 13.8 Å². The second-order valence-electron chi connectivity index (χ2n) is 9.92. The molecule has 0 heterocycles. The molecule has 0 aliphatic heterocycles. The highest BCUT2D eigenvalue weighted by atomic mass is 32.2. The van der Waals surface area contributed by atoms with E-state index >= 15 is 0 Å². The van der Waals surface area contributed by atoms with E-state index in [-0.39, 0.29) is 39.1 Å². The van der Waals surface area contributed by atoms with Gasteiger partial charge in [0.2, 0.25) is 0 Å². The van der Waals surface area contributed by atoms with Gasteiger partial charge in [-0.25, -0.2) is 0 Å². The van der Waals surface area contributed by atoms with Crippen molar-refractivity contribution in [3.05, 3.63) is 11.6 Å². The Morgan fingerprint density at radius 3 is 2.54 bits per heavy atom. The van der Waals surface area contributed by atoms with Gasteiger partial charge in [0.1, 0.15) is 6.10 Å². The van der Waals surface area contributed by atoms with E-state index in [0.29, 0.717) is 24.2 Å². The number of ether oxygens (including phenoxy) is 1. The molecule has 3 fully saturated rings. The van der Waals surface area contributed by atoms with Gasteiger partial charge in [0.05, 0.1) is 0 Å². The summed E-state index contributed by atoms with van der Waals surface area (Å²) < 4.78 is 5.76. The van der Waals surface area contributed by atoms with Crippen molar-refractivity contribution in [2.75, 3.05) is 0 Å². The minimum atomic E-state index is -0.185. The fourth-order valence-corrected chi connectivity index (χ4v) is 8.40. The zero-order valence-electron chi connectivity index (χ0n) is 17.5. The standard InChI is InChI=1S/C23H32O4S/c1-13(24)27-20-6-5-17-21-18(8-10-23(17,20)4)22(3)9-7-16(26)11-15(22)12-19(21)28-14(2)25/h11,17-21H,5-10,12H2,1-4H3/t17-,18-,19+,20-,21-,22-,23-/m0/s1. The summed E-state index contributed by atoms with van der Waals surface area (Å²) in [5.41, 5.74) is 1.36. The number of esters is 1. The summed E-state index contributed by atoms with van der Waals surface area (Å²) in [5, 5.41) is 0.394. The molecule has 7 atom stereocenters. The quantitative estimate of drug-likeness (QED) is 0.624. The van der Waals surface area contributed by atoms with Crippen molar-refractivity contribution in [1.29, 1.82) is 0 Å². The number of hydrogen-bond acceptors (Lipinski definition) is 5. The number of fused-ring (bicyclic) bond motifs is 5. The van der Waals surface area contributed by atoms with Crippen molar-refractivity contribution in [3.8, 4) is 0 Å². The molecule has 0 N–H and O–H groups in total. The molecule has 3 saturated carbocycles. The molecule has 0 radical (unpaired) electrons. The van der Waals surface area contributed by atoms with Crippen molar-refractivity contribution >= 4 is 28.6 Å². The molecule has 0 unspecified atom stereocenters. The van der Waals surface area contributed by atoms with E-state index in [1.165, 1.54) is 24.3 Å². The first-order valence-electron chi connectivity index (χ1n) is 10.7. The molecule has 0 bridgehead atoms. The normalized spacial score (nSPS) is 44.8. The Bertz CT molecular complexity index is 743. The fraction of sp³-hybridized carbons (Fsp3) is 0.783. The van der Waals surface area contributed by atoms with Gasteiger partial charge >= 0.3 is 5.97 Å². The average Bonchev–Trinajstić information content (AvgIpc) is 2.92. The Kier molecular flexibility index (Phi) is 5.05. The smallest absolute Gasteiger partial charge is 0.302 e. The van der Waals surface area contributed by atoms with Gasteiger partial charge in [0.15, 0.2) is 10.9 Å². The first-order valence-corrected chi connectivity index (χ1v) is 11.6. The second-order valence-corrected chi connectivity index (χ2v) is 11.3. The van der Waals surface area contributed by atoms with Crippen LogP contribution in [0.3, 0.4) is 0 Å². The van der Waals surface area contributed by atoms with Crippen molar-refractivity contribution in [3.63, 3.8) is 0 Å². The molecule has 4 nitrogen and oxygen atoms in total. The van der Waals surface area contributed by atoms with E-state index in [0.717, 1.165) is 38.5 Å². The lowest BCUT2D eigenvalue weighted by Gasteiger charge is -2.60. The first kappa shape index (κ1) is 20.2. The van der Waals surface area contributed by atoms with Crippen LogP contribution in [-0.2, 0) is 19.1 Å². The predicted octanol–water partition coefficient (Wildman–Crippen LogP) is 4.71. The highest BCUT2D eigenvalue weighted by molar-refractivity contribution is 8.14. The number of rotatable bonds is 2. The second kappa shape index (κ2) is 7.00. The molecule has 4 rings (SSSR count). The monoisotopic (exact) mass is 404 g/mol. The Morgan fingerprint density at radius 2 is 1.86 bits per heavy atom. The maximum Gasteiger partial charge on any atom is 0.302 e. The SMILES string of the molecule is CC(=O)O[C@H]1CC[C@H]2[C@@H]3[C@H](SC(C)=O)CC4=CC(=O)CC[C@]4(C)[C@H]3CC[C@]12C. The van der Waals surface area contributed by atoms with Crippen molar-refractivity contribution in [2.45, 2.75) is 84.0 Å². The summed E-state index contributed by atoms with van der Waals surface area (Å²) in [6.07, 6.45) is 8.47. The van der Waals surface area contributed by atoms with Crippen LogP contribution in [0.2, 0.25) is 0 Å². The molecular weight excluding hydrogens is 372 g/mol. The maximum absolute atomic E-state index is 12.1. The van der Waals surface area contributed by atoms with E-state index < -0.39 is 0 Å². The van der Waals surface area contributed by atoms with Gasteiger partial charge in [-0.2, -0.15) is 0 Å². The number of hydrogen-bond donors (Lipinski definition) is 0. The Morgan fingerprint density at radius 1 is 1.11 bits per heavy atom. The van der Waals surface area contributed by atoms with Gasteiger partial charge in [-0.15, -0.1) is 0 Å². The molecule has 154 valence electrons. The van der Waals surface area contributed by atoms with Crippen LogP contribution < -0.4 is 0 Å². The van der Waals surface area contributed by atoms with Crippen molar-refractivity contribution in [2.24, 2.45) is 28.6 Å². The van der Waals surface area contributed by atoms with E-state index in [1.54, 1.807) is 6.92 Å². The van der Waals surface area contributed by atoms with Crippen LogP contribution in [0.4, 0.5) is 0 Å². The third kappa shape index (κ3) is 3.09. The molecule has 0 amide bonds. The zero-order chi connectivity index (χ0) is 20.3. The highest BCUT2D eigenvalue weighted by Crippen LogP contribution is 2.67. The van der Waals surface area contributed by atoms with Gasteiger partial charge in [0.25, 0.3) is 0 Å². The van der Waals surface area contributed by atoms with Gasteiger partial charge in [0, 0.05) is 30.9 Å². The van der Waals surface area contributed by atoms with Crippen LogP contribution >= 0.6 is 11.8 Å². The summed E-state index contributed by atoms with van der Waals surface area (Å²) in [4.78, 5) is 35.9. The third-order valence-electron chi connectivity index (χ3n) is 8.50. The first-order chi connectivity index (χ1) is 13.1. The summed E-state index contributed by atoms with van der Waals surface area (Å²) in [6, 6.07) is 0. The van der Waals surface area contributed by atoms with Crippen LogP contribution in [0.5, 0.6) is 0 Å². The minimum absolute atomic E-state index is 0.00314. The Balaban J connectivity index is 1.72. The number of allylic oxidation sites excluding steroid dienone is 1. The molecule has 4 aliphatic rings. The number of carbonyl (C=O) groups is 3. The number of ketones is 1. The molecule has 0 aromatic rings. The number of thioether (sulfide) groups is 1. The van der Waals surface area contributed by atoms with Crippen LogP contribution in [0.25, 0.3) is 0 Å². The predicted molar refractivity (Wildman–Crippen MR) is 110 cm³/mol. The Labute approximate surface area is 172 Å². The van der Waals surface area contributed by atoms with Crippen LogP contribution in [0.15, 0.2) is 11.6 Å². The van der Waals surface area contributed by atoms with Gasteiger partial charge in [-0.05, 0) is 67.8 Å². The van der Waals surface area contributed by atoms with Crippen molar-refractivity contribution in [1.82, 2.24) is 0 Å². The molecule has 0 spiro atoms. The molecule has 0 aromatic heterocycles. The lowest BCUT2D eigenvalue weighted by atomic mass is 9.47. The molecular formula is C23H32O4S. The van der Waals surface area contributed by atoms with E-state index in [9.17, 15) is 14.4 Å². The summed E-state index contributed by atoms with van der Waals surface area (Å²) in [5.74, 6) is 1.49. The summed E-state index contributed by atoms with van der Waals surface area (Å²) in [6.45, 7) is 7.83. The molecule has 28 heavy (non-hydrogen) atoms. The topological polar surface area (TPSA) is 60.4 Å². The minimum Gasteiger partial charge on any atom is -0.462 e. The lowest BCUT2D eigenvalue weighted by molar-refractivity contribution is -0.157. The van der Waals surface area contributed by atoms with Gasteiger partial charge in [-0.1, -0.05) is 31.2 Å². The number of carbonyl (C=O) groups excluding carboxylic acids is 3. The van der Waals surface area contributed by atoms with Crippen LogP contribution in [0, 0.1) is 28.6 Å². The van der Waals surface area contributed by atoms with E-state index in [1.807, 2.05) is 6.08 Å². The largest absolute Gasteiger partial charge is 0.462 e. The summed E-state index contributed by atoms with van der Waals surface area (Å²) in [7, 11) is 0. The fourth-order valence-electron chi connectivity index (χ4n) is 7.18. The summed E-state index contributed by atoms with van der Waals surface area (Å²) >= 11 is 1.48. The average molecular weight is 405 g/mol. The molecule has 0 saturated heterocycles. The molecule has 5 heteroatoms. The molecule has 4 aliphatic carbocycles. The Hall–Kier alpha value is -1.10. The third-order valence-corrected chi connectivity index (χ3v) is 9.62. The molecule has 0 aromatic carbocycles. The van der Waals surface area contributed by atoms with E-state index in [4.69, 9.17) is 4.74 Å². The lowest BCUT2D eigenvalue weighted by Crippen LogP contribution is -2.55. The van der Waals surface area contributed by atoms with Gasteiger partial charge in [-0.3, -0.25) is 14.4 Å². The van der Waals surface area contributed by atoms with Crippen molar-refractivity contribution < 1.29 is 19.1 Å². The highest BCUT2D eigenvalue weighted by Gasteiger charge is 2.62. The van der Waals surface area contributed by atoms with Crippen LogP contribution in [-0.4, -0.2) is 28.2 Å².